The van der Waals surface area contributed by atoms with Gasteiger partial charge in [0.15, 0.2) is 0 Å². The minimum atomic E-state index is -3.82. The molecule has 2 N–H and O–H groups in total. The summed E-state index contributed by atoms with van der Waals surface area (Å²) < 4.78 is 28.0. The average Bonchev–Trinajstić information content (AvgIpc) is 2.64. The monoisotopic (exact) mass is 236 g/mol. The molecule has 0 radical (unpaired) electrons. The summed E-state index contributed by atoms with van der Waals surface area (Å²) in [4.78, 5) is 11.0. The molecule has 15 heavy (non-hydrogen) atoms. The highest BCUT2D eigenvalue weighted by molar-refractivity contribution is 7.86. The van der Waals surface area contributed by atoms with Crippen LogP contribution >= 0.6 is 0 Å². The van der Waals surface area contributed by atoms with Crippen molar-refractivity contribution in [2.75, 3.05) is 13.7 Å². The molecule has 0 amide bonds. The van der Waals surface area contributed by atoms with Crippen LogP contribution < -0.4 is 5.14 Å². The number of ether oxygens (including phenoxy) is 1. The van der Waals surface area contributed by atoms with E-state index in [1.807, 2.05) is 0 Å². The first-order valence-electron chi connectivity index (χ1n) is 4.81. The minimum Gasteiger partial charge on any atom is -0.468 e. The van der Waals surface area contributed by atoms with E-state index < -0.39 is 16.2 Å². The second kappa shape index (κ2) is 4.91. The normalized spacial score (nSPS) is 18.3. The summed E-state index contributed by atoms with van der Waals surface area (Å²) in [7, 11) is -2.60. The Morgan fingerprint density at radius 3 is 2.40 bits per heavy atom. The second-order valence-corrected chi connectivity index (χ2v) is 5.10. The quantitative estimate of drug-likeness (QED) is 0.673. The van der Waals surface area contributed by atoms with Crippen LogP contribution in [0.5, 0.6) is 0 Å². The van der Waals surface area contributed by atoms with E-state index in [0.29, 0.717) is 0 Å². The average molecular weight is 236 g/mol. The van der Waals surface area contributed by atoms with E-state index in [-0.39, 0.29) is 12.6 Å². The van der Waals surface area contributed by atoms with Crippen LogP contribution in [0.2, 0.25) is 0 Å². The van der Waals surface area contributed by atoms with E-state index >= 15 is 0 Å². The molecule has 1 rings (SSSR count). The van der Waals surface area contributed by atoms with Crippen molar-refractivity contribution in [3.05, 3.63) is 0 Å². The Kier molecular flexibility index (Phi) is 4.06. The van der Waals surface area contributed by atoms with Gasteiger partial charge in [0.25, 0.3) is 10.2 Å². The van der Waals surface area contributed by atoms with Crippen molar-refractivity contribution in [3.63, 3.8) is 0 Å². The van der Waals surface area contributed by atoms with Crippen molar-refractivity contribution in [2.24, 2.45) is 5.14 Å². The molecular formula is C8H16N2O4S. The third kappa shape index (κ3) is 3.44. The Labute approximate surface area is 89.6 Å². The van der Waals surface area contributed by atoms with E-state index in [9.17, 15) is 13.2 Å². The minimum absolute atomic E-state index is 0.154. The van der Waals surface area contributed by atoms with Crippen molar-refractivity contribution >= 4 is 16.2 Å². The summed E-state index contributed by atoms with van der Waals surface area (Å²) in [6.07, 6.45) is 3.45. The SMILES string of the molecule is COC(=O)CN(C1CCCC1)S(N)(=O)=O. The Hall–Kier alpha value is -0.660. The van der Waals surface area contributed by atoms with Gasteiger partial charge >= 0.3 is 5.97 Å². The maximum Gasteiger partial charge on any atom is 0.321 e. The molecule has 0 saturated heterocycles. The molecule has 1 aliphatic carbocycles. The highest BCUT2D eigenvalue weighted by Gasteiger charge is 2.31. The van der Waals surface area contributed by atoms with Gasteiger partial charge in [-0.15, -0.1) is 0 Å². The van der Waals surface area contributed by atoms with Gasteiger partial charge in [-0.1, -0.05) is 12.8 Å². The van der Waals surface area contributed by atoms with E-state index in [0.717, 1.165) is 30.0 Å². The number of esters is 1. The number of carbonyl (C=O) groups excluding carboxylic acids is 1. The summed E-state index contributed by atoms with van der Waals surface area (Å²) >= 11 is 0. The predicted octanol–water partition coefficient (Wildman–Crippen LogP) is -0.392. The zero-order valence-corrected chi connectivity index (χ0v) is 9.50. The lowest BCUT2D eigenvalue weighted by Gasteiger charge is -2.24. The summed E-state index contributed by atoms with van der Waals surface area (Å²) in [5, 5.41) is 5.05. The molecule has 7 heteroatoms. The highest BCUT2D eigenvalue weighted by Crippen LogP contribution is 2.24. The molecule has 0 unspecified atom stereocenters. The van der Waals surface area contributed by atoms with Crippen LogP contribution in [0.1, 0.15) is 25.7 Å². The molecule has 6 nitrogen and oxygen atoms in total. The predicted molar refractivity (Wildman–Crippen MR) is 54.1 cm³/mol. The Balaban J connectivity index is 2.73. The smallest absolute Gasteiger partial charge is 0.321 e. The van der Waals surface area contributed by atoms with Gasteiger partial charge in [0.05, 0.1) is 7.11 Å². The molecule has 0 aliphatic heterocycles. The number of nitrogens with zero attached hydrogens (tertiary/aromatic N) is 1. The van der Waals surface area contributed by atoms with Crippen molar-refractivity contribution in [1.82, 2.24) is 4.31 Å². The van der Waals surface area contributed by atoms with Gasteiger partial charge in [-0.3, -0.25) is 4.79 Å². The standard InChI is InChI=1S/C8H16N2O4S/c1-14-8(11)6-10(15(9,12)13)7-4-2-3-5-7/h7H,2-6H2,1H3,(H2,9,12,13). The summed E-state index contributed by atoms with van der Waals surface area (Å²) in [6.45, 7) is -0.292. The van der Waals surface area contributed by atoms with Gasteiger partial charge < -0.3 is 4.74 Å². The number of carbonyl (C=O) groups is 1. The summed E-state index contributed by atoms with van der Waals surface area (Å²) in [5.74, 6) is -0.587. The molecule has 0 aromatic heterocycles. The van der Waals surface area contributed by atoms with Gasteiger partial charge in [0.2, 0.25) is 0 Å². The van der Waals surface area contributed by atoms with Gasteiger partial charge in [-0.2, -0.15) is 12.7 Å². The second-order valence-electron chi connectivity index (χ2n) is 3.60. The maximum atomic E-state index is 11.3. The first-order chi connectivity index (χ1) is 6.95. The highest BCUT2D eigenvalue weighted by atomic mass is 32.2. The largest absolute Gasteiger partial charge is 0.468 e. The van der Waals surface area contributed by atoms with Gasteiger partial charge in [0, 0.05) is 6.04 Å². The lowest BCUT2D eigenvalue weighted by molar-refractivity contribution is -0.141. The Morgan fingerprint density at radius 2 is 2.00 bits per heavy atom. The lowest BCUT2D eigenvalue weighted by Crippen LogP contribution is -2.45. The molecule has 1 fully saturated rings. The summed E-state index contributed by atoms with van der Waals surface area (Å²) in [5.41, 5.74) is 0. The van der Waals surface area contributed by atoms with Crippen LogP contribution in [-0.4, -0.2) is 38.4 Å². The van der Waals surface area contributed by atoms with Crippen molar-refractivity contribution in [1.29, 1.82) is 0 Å². The number of methoxy groups -OCH3 is 1. The number of nitrogens with two attached hydrogens (primary N) is 1. The van der Waals surface area contributed by atoms with Crippen molar-refractivity contribution < 1.29 is 17.9 Å². The van der Waals surface area contributed by atoms with Crippen LogP contribution in [0, 0.1) is 0 Å². The van der Waals surface area contributed by atoms with Crippen LogP contribution in [0.4, 0.5) is 0 Å². The number of hydrogen-bond acceptors (Lipinski definition) is 4. The molecular weight excluding hydrogens is 220 g/mol. The summed E-state index contributed by atoms with van der Waals surface area (Å²) in [6, 6.07) is -0.154. The molecule has 1 aliphatic rings. The topological polar surface area (TPSA) is 89.7 Å². The van der Waals surface area contributed by atoms with Gasteiger partial charge in [0.1, 0.15) is 6.54 Å². The van der Waals surface area contributed by atoms with E-state index in [1.54, 1.807) is 0 Å². The molecule has 1 saturated carbocycles. The molecule has 0 bridgehead atoms. The fraction of sp³-hybridized carbons (Fsp3) is 0.875. The fourth-order valence-corrected chi connectivity index (χ4v) is 2.72. The van der Waals surface area contributed by atoms with Gasteiger partial charge in [-0.05, 0) is 12.8 Å². The van der Waals surface area contributed by atoms with Crippen LogP contribution in [-0.2, 0) is 19.7 Å². The van der Waals surface area contributed by atoms with Crippen LogP contribution in [0.25, 0.3) is 0 Å². The van der Waals surface area contributed by atoms with E-state index in [2.05, 4.69) is 4.74 Å². The van der Waals surface area contributed by atoms with Crippen LogP contribution in [0.3, 0.4) is 0 Å². The molecule has 0 aromatic rings. The third-order valence-electron chi connectivity index (χ3n) is 2.57. The Bertz CT molecular complexity index is 322. The molecule has 0 heterocycles. The number of rotatable bonds is 4. The molecule has 88 valence electrons. The van der Waals surface area contributed by atoms with Crippen LogP contribution in [0.15, 0.2) is 0 Å². The first-order valence-corrected chi connectivity index (χ1v) is 6.32. The molecule has 0 aromatic carbocycles. The lowest BCUT2D eigenvalue weighted by atomic mass is 10.2. The zero-order valence-electron chi connectivity index (χ0n) is 8.68. The molecule has 0 spiro atoms. The van der Waals surface area contributed by atoms with Crippen molar-refractivity contribution in [3.8, 4) is 0 Å². The first kappa shape index (κ1) is 12.4. The third-order valence-corrected chi connectivity index (χ3v) is 3.65. The van der Waals surface area contributed by atoms with Crippen molar-refractivity contribution in [2.45, 2.75) is 31.7 Å². The Morgan fingerprint density at radius 1 is 1.47 bits per heavy atom. The maximum absolute atomic E-state index is 11.3. The van der Waals surface area contributed by atoms with Gasteiger partial charge in [-0.25, -0.2) is 5.14 Å². The van der Waals surface area contributed by atoms with E-state index in [1.165, 1.54) is 7.11 Å². The zero-order chi connectivity index (χ0) is 11.5. The molecule has 0 atom stereocenters. The van der Waals surface area contributed by atoms with E-state index in [4.69, 9.17) is 5.14 Å². The fourth-order valence-electron chi connectivity index (χ4n) is 1.81. The number of hydrogen-bond donors (Lipinski definition) is 1.